The summed E-state index contributed by atoms with van der Waals surface area (Å²) >= 11 is 0. The largest absolute Gasteiger partial charge is 0.350 e. The van der Waals surface area contributed by atoms with E-state index in [9.17, 15) is 4.79 Å². The number of carbonyl (C=O) groups excluding carboxylic acids is 1. The van der Waals surface area contributed by atoms with Crippen molar-refractivity contribution in [2.75, 3.05) is 20.6 Å². The van der Waals surface area contributed by atoms with Gasteiger partial charge in [0.25, 0.3) is 5.91 Å². The van der Waals surface area contributed by atoms with Crippen LogP contribution in [0.5, 0.6) is 0 Å². The molecule has 0 saturated heterocycles. The zero-order valence-electron chi connectivity index (χ0n) is 16.4. The molecule has 0 fully saturated rings. The number of nitrogens with one attached hydrogen (secondary N) is 1. The van der Waals surface area contributed by atoms with Crippen LogP contribution in [0.3, 0.4) is 0 Å². The number of aryl methyl sites for hydroxylation is 1. The Morgan fingerprint density at radius 1 is 1.00 bits per heavy atom. The van der Waals surface area contributed by atoms with Crippen molar-refractivity contribution < 1.29 is 4.79 Å². The molecular weight excluding hydrogens is 334 g/mol. The third kappa shape index (κ3) is 4.12. The molecule has 27 heavy (non-hydrogen) atoms. The normalized spacial score (nSPS) is 12.2. The zero-order valence-corrected chi connectivity index (χ0v) is 16.4. The standard InChI is InChI=1S/C23H27N3O/c1-17-15-21(18(2)26(17)20-13-9-6-10-14-20)23(27)24-16-22(25(3)4)19-11-7-5-8-12-19/h5-15,22H,16H2,1-4H3,(H,24,27). The fourth-order valence-corrected chi connectivity index (χ4v) is 3.53. The van der Waals surface area contributed by atoms with Crippen molar-refractivity contribution in [3.05, 3.63) is 89.2 Å². The average Bonchev–Trinajstić information content (AvgIpc) is 2.97. The molecule has 1 aromatic heterocycles. The quantitative estimate of drug-likeness (QED) is 0.717. The molecule has 0 aliphatic carbocycles. The van der Waals surface area contributed by atoms with Crippen LogP contribution in [0.2, 0.25) is 0 Å². The van der Waals surface area contributed by atoms with E-state index < -0.39 is 0 Å². The van der Waals surface area contributed by atoms with Crippen molar-refractivity contribution in [2.45, 2.75) is 19.9 Å². The zero-order chi connectivity index (χ0) is 19.4. The van der Waals surface area contributed by atoms with Gasteiger partial charge in [0.05, 0.1) is 11.6 Å². The van der Waals surface area contributed by atoms with Crippen LogP contribution in [0.1, 0.15) is 33.4 Å². The third-order valence-electron chi connectivity index (χ3n) is 4.95. The van der Waals surface area contributed by atoms with Crippen LogP contribution in [-0.2, 0) is 0 Å². The molecule has 4 nitrogen and oxygen atoms in total. The van der Waals surface area contributed by atoms with E-state index in [-0.39, 0.29) is 11.9 Å². The van der Waals surface area contributed by atoms with Crippen LogP contribution in [0.25, 0.3) is 5.69 Å². The van der Waals surface area contributed by atoms with E-state index in [1.165, 1.54) is 5.56 Å². The van der Waals surface area contributed by atoms with E-state index in [1.807, 2.05) is 70.4 Å². The monoisotopic (exact) mass is 361 g/mol. The number of rotatable bonds is 6. The lowest BCUT2D eigenvalue weighted by atomic mass is 10.1. The van der Waals surface area contributed by atoms with Gasteiger partial charge in [-0.25, -0.2) is 0 Å². The summed E-state index contributed by atoms with van der Waals surface area (Å²) in [6.45, 7) is 4.59. The Labute approximate surface area is 161 Å². The van der Waals surface area contributed by atoms with E-state index in [0.717, 1.165) is 22.6 Å². The lowest BCUT2D eigenvalue weighted by Crippen LogP contribution is -2.34. The molecule has 0 saturated carbocycles. The molecule has 1 atom stereocenters. The number of para-hydroxylation sites is 1. The third-order valence-corrected chi connectivity index (χ3v) is 4.95. The van der Waals surface area contributed by atoms with Crippen LogP contribution in [0, 0.1) is 13.8 Å². The molecule has 1 amide bonds. The van der Waals surface area contributed by atoms with Crippen molar-refractivity contribution >= 4 is 5.91 Å². The Balaban J connectivity index is 1.79. The summed E-state index contributed by atoms with van der Waals surface area (Å²) < 4.78 is 2.12. The Morgan fingerprint density at radius 2 is 1.59 bits per heavy atom. The second-order valence-corrected chi connectivity index (χ2v) is 7.06. The van der Waals surface area contributed by atoms with Gasteiger partial charge in [-0.15, -0.1) is 0 Å². The van der Waals surface area contributed by atoms with E-state index in [2.05, 4.69) is 39.0 Å². The number of hydrogen-bond acceptors (Lipinski definition) is 2. The summed E-state index contributed by atoms with van der Waals surface area (Å²) in [5, 5.41) is 3.12. The lowest BCUT2D eigenvalue weighted by molar-refractivity contribution is 0.0941. The van der Waals surface area contributed by atoms with Crippen molar-refractivity contribution in [2.24, 2.45) is 0 Å². The highest BCUT2D eigenvalue weighted by atomic mass is 16.1. The van der Waals surface area contributed by atoms with Crippen molar-refractivity contribution in [1.29, 1.82) is 0 Å². The Morgan fingerprint density at radius 3 is 2.19 bits per heavy atom. The summed E-state index contributed by atoms with van der Waals surface area (Å²) in [5.41, 5.74) is 5.00. The maximum absolute atomic E-state index is 12.9. The molecule has 1 unspecified atom stereocenters. The van der Waals surface area contributed by atoms with Crippen LogP contribution < -0.4 is 5.32 Å². The number of nitrogens with zero attached hydrogens (tertiary/aromatic N) is 2. The first-order chi connectivity index (χ1) is 13.0. The fraction of sp³-hybridized carbons (Fsp3) is 0.261. The summed E-state index contributed by atoms with van der Waals surface area (Å²) in [5.74, 6) is -0.0342. The summed E-state index contributed by atoms with van der Waals surface area (Å²) in [7, 11) is 4.07. The molecular formula is C23H27N3O. The van der Waals surface area contributed by atoms with Crippen LogP contribution in [0.15, 0.2) is 66.7 Å². The van der Waals surface area contributed by atoms with Crippen molar-refractivity contribution in [3.63, 3.8) is 0 Å². The molecule has 2 aromatic carbocycles. The number of aromatic nitrogens is 1. The second kappa shape index (κ2) is 8.23. The number of amides is 1. The molecule has 3 aromatic rings. The summed E-state index contributed by atoms with van der Waals surface area (Å²) in [6, 6.07) is 22.5. The second-order valence-electron chi connectivity index (χ2n) is 7.06. The maximum Gasteiger partial charge on any atom is 0.253 e. The van der Waals surface area contributed by atoms with Gasteiger partial charge in [-0.2, -0.15) is 0 Å². The van der Waals surface area contributed by atoms with Crippen LogP contribution >= 0.6 is 0 Å². The van der Waals surface area contributed by atoms with Crippen LogP contribution in [0.4, 0.5) is 0 Å². The minimum atomic E-state index is -0.0342. The Kier molecular flexibility index (Phi) is 5.77. The number of likely N-dealkylation sites (N-methyl/N-ethyl adjacent to an activating group) is 1. The van der Waals surface area contributed by atoms with E-state index in [1.54, 1.807) is 0 Å². The highest BCUT2D eigenvalue weighted by molar-refractivity contribution is 5.96. The molecule has 140 valence electrons. The number of hydrogen-bond donors (Lipinski definition) is 1. The predicted molar refractivity (Wildman–Crippen MR) is 110 cm³/mol. The molecule has 0 spiro atoms. The molecule has 1 heterocycles. The highest BCUT2D eigenvalue weighted by Crippen LogP contribution is 2.21. The van der Waals surface area contributed by atoms with Gasteiger partial charge in [-0.05, 0) is 51.7 Å². The van der Waals surface area contributed by atoms with Gasteiger partial charge < -0.3 is 14.8 Å². The van der Waals surface area contributed by atoms with E-state index in [0.29, 0.717) is 6.54 Å². The van der Waals surface area contributed by atoms with E-state index >= 15 is 0 Å². The minimum Gasteiger partial charge on any atom is -0.350 e. The molecule has 1 N–H and O–H groups in total. The molecule has 3 rings (SSSR count). The van der Waals surface area contributed by atoms with Crippen molar-refractivity contribution in [3.8, 4) is 5.69 Å². The summed E-state index contributed by atoms with van der Waals surface area (Å²) in [6.07, 6.45) is 0. The molecule has 0 aliphatic heterocycles. The topological polar surface area (TPSA) is 37.3 Å². The van der Waals surface area contributed by atoms with Gasteiger partial charge in [-0.3, -0.25) is 4.79 Å². The maximum atomic E-state index is 12.9. The molecule has 0 bridgehead atoms. The first kappa shape index (κ1) is 18.9. The Hall–Kier alpha value is -2.85. The van der Waals surface area contributed by atoms with Gasteiger partial charge >= 0.3 is 0 Å². The lowest BCUT2D eigenvalue weighted by Gasteiger charge is -2.25. The van der Waals surface area contributed by atoms with Crippen LogP contribution in [-0.4, -0.2) is 36.0 Å². The number of carbonyl (C=O) groups is 1. The summed E-state index contributed by atoms with van der Waals surface area (Å²) in [4.78, 5) is 15.0. The smallest absolute Gasteiger partial charge is 0.253 e. The SMILES string of the molecule is Cc1cc(C(=O)NCC(c2ccccc2)N(C)C)c(C)n1-c1ccccc1. The average molecular weight is 361 g/mol. The van der Waals surface area contributed by atoms with Gasteiger partial charge in [0.15, 0.2) is 0 Å². The highest BCUT2D eigenvalue weighted by Gasteiger charge is 2.19. The van der Waals surface area contributed by atoms with Gasteiger partial charge in [0.2, 0.25) is 0 Å². The van der Waals surface area contributed by atoms with Crippen molar-refractivity contribution in [1.82, 2.24) is 14.8 Å². The fourth-order valence-electron chi connectivity index (χ4n) is 3.53. The molecule has 0 radical (unpaired) electrons. The first-order valence-electron chi connectivity index (χ1n) is 9.23. The Bertz CT molecular complexity index is 898. The first-order valence-corrected chi connectivity index (χ1v) is 9.23. The van der Waals surface area contributed by atoms with Gasteiger partial charge in [0.1, 0.15) is 0 Å². The van der Waals surface area contributed by atoms with E-state index in [4.69, 9.17) is 0 Å². The minimum absolute atomic E-state index is 0.0342. The van der Waals surface area contributed by atoms with Gasteiger partial charge in [0, 0.05) is 23.6 Å². The predicted octanol–water partition coefficient (Wildman–Crippen LogP) is 4.13. The molecule has 4 heteroatoms. The van der Waals surface area contributed by atoms with Gasteiger partial charge in [-0.1, -0.05) is 48.5 Å². The molecule has 0 aliphatic rings. The number of benzene rings is 2.